The Balaban J connectivity index is 2.26. The van der Waals surface area contributed by atoms with Crippen LogP contribution in [0.25, 0.3) is 0 Å². The fourth-order valence-electron chi connectivity index (χ4n) is 1.51. The van der Waals surface area contributed by atoms with Crippen molar-refractivity contribution in [1.29, 1.82) is 0 Å². The van der Waals surface area contributed by atoms with Gasteiger partial charge in [0.25, 0.3) is 5.91 Å². The van der Waals surface area contributed by atoms with E-state index < -0.39 is 0 Å². The van der Waals surface area contributed by atoms with Crippen LogP contribution >= 0.6 is 15.9 Å². The van der Waals surface area contributed by atoms with Gasteiger partial charge in [0.1, 0.15) is 10.4 Å². The first-order valence-electron chi connectivity index (χ1n) is 5.26. The van der Waals surface area contributed by atoms with Crippen molar-refractivity contribution in [1.82, 2.24) is 4.98 Å². The third-order valence-corrected chi connectivity index (χ3v) is 2.97. The molecule has 0 atom stereocenters. The van der Waals surface area contributed by atoms with Crippen LogP contribution < -0.4 is 4.90 Å². The number of carbonyl (C=O) groups excluding carboxylic acids is 1. The SMILES string of the molecule is CN(C(=O)c1ccc(Br)nc1)c1cccc(O)c1. The van der Waals surface area contributed by atoms with Crippen molar-refractivity contribution in [2.24, 2.45) is 0 Å². The van der Waals surface area contributed by atoms with Crippen LogP contribution in [0.5, 0.6) is 5.75 Å². The second-order valence-electron chi connectivity index (χ2n) is 3.75. The zero-order valence-electron chi connectivity index (χ0n) is 9.67. The summed E-state index contributed by atoms with van der Waals surface area (Å²) in [7, 11) is 1.65. The summed E-state index contributed by atoms with van der Waals surface area (Å²) in [5.41, 5.74) is 1.12. The molecule has 0 bridgehead atoms. The molecule has 0 aliphatic carbocycles. The average molecular weight is 307 g/mol. The number of hydrogen-bond acceptors (Lipinski definition) is 3. The Hall–Kier alpha value is -1.88. The van der Waals surface area contributed by atoms with Crippen LogP contribution in [-0.2, 0) is 0 Å². The Morgan fingerprint density at radius 2 is 2.11 bits per heavy atom. The standard InChI is InChI=1S/C13H11BrN2O2/c1-16(10-3-2-4-11(17)7-10)13(18)9-5-6-12(14)15-8-9/h2-8,17H,1H3. The quantitative estimate of drug-likeness (QED) is 0.868. The van der Waals surface area contributed by atoms with Crippen LogP contribution in [0.2, 0.25) is 0 Å². The number of aromatic hydroxyl groups is 1. The highest BCUT2D eigenvalue weighted by Gasteiger charge is 2.13. The van der Waals surface area contributed by atoms with Gasteiger partial charge in [-0.2, -0.15) is 0 Å². The first-order valence-corrected chi connectivity index (χ1v) is 6.06. The molecule has 1 aromatic carbocycles. The number of rotatable bonds is 2. The lowest BCUT2D eigenvalue weighted by Gasteiger charge is -2.17. The maximum atomic E-state index is 12.2. The number of amides is 1. The number of halogens is 1. The van der Waals surface area contributed by atoms with Crippen LogP contribution in [0, 0.1) is 0 Å². The Morgan fingerprint density at radius 3 is 2.72 bits per heavy atom. The molecule has 5 heteroatoms. The Bertz CT molecular complexity index is 569. The predicted molar refractivity (Wildman–Crippen MR) is 72.8 cm³/mol. The molecule has 0 aliphatic rings. The topological polar surface area (TPSA) is 53.4 Å². The lowest BCUT2D eigenvalue weighted by atomic mass is 10.2. The van der Waals surface area contributed by atoms with Crippen LogP contribution in [0.4, 0.5) is 5.69 Å². The van der Waals surface area contributed by atoms with E-state index in [0.29, 0.717) is 15.9 Å². The number of aromatic nitrogens is 1. The third-order valence-electron chi connectivity index (χ3n) is 2.50. The fraction of sp³-hybridized carbons (Fsp3) is 0.0769. The molecule has 1 heterocycles. The molecule has 0 radical (unpaired) electrons. The summed E-state index contributed by atoms with van der Waals surface area (Å²) in [4.78, 5) is 17.6. The molecule has 0 aliphatic heterocycles. The minimum atomic E-state index is -0.180. The van der Waals surface area contributed by atoms with Crippen LogP contribution in [-0.4, -0.2) is 23.0 Å². The normalized spacial score (nSPS) is 10.1. The van der Waals surface area contributed by atoms with E-state index in [4.69, 9.17) is 0 Å². The van der Waals surface area contributed by atoms with Crippen molar-refractivity contribution in [3.8, 4) is 5.75 Å². The van der Waals surface area contributed by atoms with E-state index in [1.807, 2.05) is 0 Å². The van der Waals surface area contributed by atoms with E-state index >= 15 is 0 Å². The van der Waals surface area contributed by atoms with Crippen molar-refractivity contribution in [3.05, 3.63) is 52.8 Å². The first kappa shape index (κ1) is 12.6. The largest absolute Gasteiger partial charge is 0.508 e. The lowest BCUT2D eigenvalue weighted by molar-refractivity contribution is 0.0992. The number of phenols is 1. The predicted octanol–water partition coefficient (Wildman–Crippen LogP) is 2.83. The molecule has 18 heavy (non-hydrogen) atoms. The summed E-state index contributed by atoms with van der Waals surface area (Å²) in [5.74, 6) is -0.0540. The highest BCUT2D eigenvalue weighted by Crippen LogP contribution is 2.20. The zero-order chi connectivity index (χ0) is 13.1. The van der Waals surface area contributed by atoms with E-state index in [9.17, 15) is 9.90 Å². The monoisotopic (exact) mass is 306 g/mol. The molecule has 0 fully saturated rings. The number of phenolic OH excluding ortho intramolecular Hbond substituents is 1. The van der Waals surface area contributed by atoms with Gasteiger partial charge in [-0.15, -0.1) is 0 Å². The molecule has 2 aromatic rings. The Labute approximate surface area is 113 Å². The van der Waals surface area contributed by atoms with Gasteiger partial charge in [0.15, 0.2) is 0 Å². The molecule has 1 N–H and O–H groups in total. The number of anilines is 1. The van der Waals surface area contributed by atoms with Crippen molar-refractivity contribution < 1.29 is 9.90 Å². The zero-order valence-corrected chi connectivity index (χ0v) is 11.3. The molecular formula is C13H11BrN2O2. The van der Waals surface area contributed by atoms with Gasteiger partial charge in [0.05, 0.1) is 5.56 Å². The maximum absolute atomic E-state index is 12.2. The summed E-state index contributed by atoms with van der Waals surface area (Å²) >= 11 is 3.22. The second-order valence-corrected chi connectivity index (χ2v) is 4.57. The van der Waals surface area contributed by atoms with Gasteiger partial charge in [-0.3, -0.25) is 4.79 Å². The van der Waals surface area contributed by atoms with E-state index in [1.165, 1.54) is 17.2 Å². The molecule has 0 spiro atoms. The molecule has 1 aromatic heterocycles. The Morgan fingerprint density at radius 1 is 1.33 bits per heavy atom. The number of pyridine rings is 1. The highest BCUT2D eigenvalue weighted by atomic mass is 79.9. The van der Waals surface area contributed by atoms with Crippen LogP contribution in [0.15, 0.2) is 47.2 Å². The number of benzene rings is 1. The van der Waals surface area contributed by atoms with E-state index in [1.54, 1.807) is 37.4 Å². The summed E-state index contributed by atoms with van der Waals surface area (Å²) in [6.45, 7) is 0. The van der Waals surface area contributed by atoms with Gasteiger partial charge < -0.3 is 10.0 Å². The number of carbonyl (C=O) groups is 1. The fourth-order valence-corrected chi connectivity index (χ4v) is 1.75. The first-order chi connectivity index (χ1) is 8.58. The van der Waals surface area contributed by atoms with Gasteiger partial charge in [0, 0.05) is 25.0 Å². The van der Waals surface area contributed by atoms with Gasteiger partial charge in [0.2, 0.25) is 0 Å². The minimum absolute atomic E-state index is 0.126. The van der Waals surface area contributed by atoms with E-state index in [0.717, 1.165) is 0 Å². The lowest BCUT2D eigenvalue weighted by Crippen LogP contribution is -2.26. The minimum Gasteiger partial charge on any atom is -0.508 e. The molecule has 0 unspecified atom stereocenters. The summed E-state index contributed by atoms with van der Waals surface area (Å²) in [5, 5.41) is 9.39. The Kier molecular flexibility index (Phi) is 3.62. The highest BCUT2D eigenvalue weighted by molar-refractivity contribution is 9.10. The number of hydrogen-bond donors (Lipinski definition) is 1. The smallest absolute Gasteiger partial charge is 0.259 e. The summed E-state index contributed by atoms with van der Waals surface area (Å²) in [6.07, 6.45) is 1.51. The van der Waals surface area contributed by atoms with Gasteiger partial charge in [-0.05, 0) is 40.2 Å². The van der Waals surface area contributed by atoms with Crippen molar-refractivity contribution in [3.63, 3.8) is 0 Å². The van der Waals surface area contributed by atoms with Crippen LogP contribution in [0.3, 0.4) is 0 Å². The number of nitrogens with zero attached hydrogens (tertiary/aromatic N) is 2. The van der Waals surface area contributed by atoms with Gasteiger partial charge in [-0.1, -0.05) is 6.07 Å². The molecule has 2 rings (SSSR count). The average Bonchev–Trinajstić information content (AvgIpc) is 2.38. The molecular weight excluding hydrogens is 296 g/mol. The summed E-state index contributed by atoms with van der Waals surface area (Å²) in [6, 6.07) is 9.94. The second kappa shape index (κ2) is 5.18. The van der Waals surface area contributed by atoms with Crippen molar-refractivity contribution in [2.75, 3.05) is 11.9 Å². The van der Waals surface area contributed by atoms with Gasteiger partial charge in [-0.25, -0.2) is 4.98 Å². The molecule has 0 saturated heterocycles. The van der Waals surface area contributed by atoms with Crippen molar-refractivity contribution in [2.45, 2.75) is 0 Å². The van der Waals surface area contributed by atoms with E-state index in [2.05, 4.69) is 20.9 Å². The molecule has 92 valence electrons. The molecule has 1 amide bonds. The molecule has 4 nitrogen and oxygen atoms in total. The molecule has 0 saturated carbocycles. The van der Waals surface area contributed by atoms with Crippen molar-refractivity contribution >= 4 is 27.5 Å². The summed E-state index contributed by atoms with van der Waals surface area (Å²) < 4.78 is 0.680. The van der Waals surface area contributed by atoms with Crippen LogP contribution in [0.1, 0.15) is 10.4 Å². The third kappa shape index (κ3) is 2.68. The van der Waals surface area contributed by atoms with Gasteiger partial charge >= 0.3 is 0 Å². The maximum Gasteiger partial charge on any atom is 0.259 e. The van der Waals surface area contributed by atoms with E-state index in [-0.39, 0.29) is 11.7 Å².